The monoisotopic (exact) mass is 365 g/mol. The number of ether oxygens (including phenoxy) is 1. The van der Waals surface area contributed by atoms with Gasteiger partial charge in [0.1, 0.15) is 0 Å². The van der Waals surface area contributed by atoms with Gasteiger partial charge in [0.15, 0.2) is 5.78 Å². The van der Waals surface area contributed by atoms with Gasteiger partial charge in [0.25, 0.3) is 0 Å². The van der Waals surface area contributed by atoms with E-state index in [9.17, 15) is 14.7 Å². The second-order valence-corrected chi connectivity index (χ2v) is 6.84. The molecule has 0 unspecified atom stereocenters. The second kappa shape index (κ2) is 8.50. The molecule has 0 aliphatic carbocycles. The number of aliphatic hydroxyl groups excluding tert-OH is 1. The van der Waals surface area contributed by atoms with Gasteiger partial charge in [-0.2, -0.15) is 0 Å². The highest BCUT2D eigenvalue weighted by molar-refractivity contribution is 6.30. The quantitative estimate of drug-likeness (QED) is 0.476. The van der Waals surface area contributed by atoms with Crippen LogP contribution >= 0.6 is 11.6 Å². The molecule has 25 heavy (non-hydrogen) atoms. The third-order valence-corrected chi connectivity index (χ3v) is 5.15. The van der Waals surface area contributed by atoms with Crippen LogP contribution in [0.1, 0.15) is 25.3 Å². The Bertz CT molecular complexity index is 646. The summed E-state index contributed by atoms with van der Waals surface area (Å²) in [5.41, 5.74) is 0.371. The number of aliphatic hydroxyl groups is 1. The zero-order valence-corrected chi connectivity index (χ0v) is 15.4. The highest BCUT2D eigenvalue weighted by Crippen LogP contribution is 2.37. The van der Waals surface area contributed by atoms with Gasteiger partial charge in [0.2, 0.25) is 5.76 Å². The predicted octanol–water partition coefficient (Wildman–Crippen LogP) is 3.17. The summed E-state index contributed by atoms with van der Waals surface area (Å²) >= 11 is 5.94. The zero-order valence-electron chi connectivity index (χ0n) is 14.6. The molecule has 0 bridgehead atoms. The van der Waals surface area contributed by atoms with Gasteiger partial charge >= 0.3 is 5.97 Å². The first-order valence-corrected chi connectivity index (χ1v) is 8.78. The van der Waals surface area contributed by atoms with Crippen molar-refractivity contribution in [3.8, 4) is 0 Å². The summed E-state index contributed by atoms with van der Waals surface area (Å²) in [5, 5.41) is 10.4. The molecule has 6 heteroatoms. The van der Waals surface area contributed by atoms with Crippen LogP contribution in [-0.2, 0) is 20.7 Å². The van der Waals surface area contributed by atoms with Crippen molar-refractivity contribution in [2.24, 2.45) is 5.41 Å². The molecule has 1 fully saturated rings. The van der Waals surface area contributed by atoms with E-state index in [1.807, 2.05) is 12.1 Å². The Labute approximate surface area is 153 Å². The first-order chi connectivity index (χ1) is 11.9. The number of piperidine rings is 1. The third kappa shape index (κ3) is 4.83. The van der Waals surface area contributed by atoms with Crippen LogP contribution in [0.15, 0.2) is 36.1 Å². The topological polar surface area (TPSA) is 66.8 Å². The van der Waals surface area contributed by atoms with Crippen molar-refractivity contribution in [3.05, 3.63) is 46.7 Å². The van der Waals surface area contributed by atoms with Crippen LogP contribution < -0.4 is 0 Å². The van der Waals surface area contributed by atoms with E-state index < -0.39 is 17.1 Å². The molecule has 5 nitrogen and oxygen atoms in total. The normalized spacial score (nSPS) is 18.0. The summed E-state index contributed by atoms with van der Waals surface area (Å²) < 4.78 is 4.47. The van der Waals surface area contributed by atoms with Gasteiger partial charge < -0.3 is 14.7 Å². The van der Waals surface area contributed by atoms with Crippen molar-refractivity contribution in [1.82, 2.24) is 4.90 Å². The van der Waals surface area contributed by atoms with Gasteiger partial charge in [0.05, 0.1) is 7.11 Å². The van der Waals surface area contributed by atoms with Gasteiger partial charge in [0, 0.05) is 16.5 Å². The minimum atomic E-state index is -0.902. The lowest BCUT2D eigenvalue weighted by molar-refractivity contribution is -0.139. The summed E-state index contributed by atoms with van der Waals surface area (Å²) in [6.45, 7) is 4.65. The maximum Gasteiger partial charge on any atom is 0.373 e. The lowest BCUT2D eigenvalue weighted by Crippen LogP contribution is -2.45. The molecule has 136 valence electrons. The Hall–Kier alpha value is -1.85. The third-order valence-electron chi connectivity index (χ3n) is 4.90. The molecular formula is C19H24ClNO4. The largest absolute Gasteiger partial charge is 0.502 e. The number of likely N-dealkylation sites (tertiary alicyclic amines) is 1. The molecular weight excluding hydrogens is 342 g/mol. The number of hydrogen-bond donors (Lipinski definition) is 1. The van der Waals surface area contributed by atoms with Gasteiger partial charge in [-0.1, -0.05) is 30.7 Å². The van der Waals surface area contributed by atoms with Crippen molar-refractivity contribution in [3.63, 3.8) is 0 Å². The minimum Gasteiger partial charge on any atom is -0.502 e. The van der Waals surface area contributed by atoms with Crippen LogP contribution in [0.3, 0.4) is 0 Å². The summed E-state index contributed by atoms with van der Waals surface area (Å²) in [7, 11) is 1.17. The van der Waals surface area contributed by atoms with Gasteiger partial charge in [-0.3, -0.25) is 4.79 Å². The summed E-state index contributed by atoms with van der Waals surface area (Å²) in [6, 6.07) is 7.43. The Morgan fingerprint density at radius 3 is 2.40 bits per heavy atom. The first kappa shape index (κ1) is 19.5. The zero-order chi connectivity index (χ0) is 18.4. The molecule has 1 aromatic carbocycles. The molecule has 0 aromatic heterocycles. The fraction of sp³-hybridized carbons (Fsp3) is 0.474. The Morgan fingerprint density at radius 2 is 1.88 bits per heavy atom. The molecule has 1 aromatic rings. The average molecular weight is 366 g/mol. The fourth-order valence-corrected chi connectivity index (χ4v) is 3.37. The van der Waals surface area contributed by atoms with Crippen molar-refractivity contribution in [2.75, 3.05) is 26.7 Å². The molecule has 1 aliphatic heterocycles. The lowest BCUT2D eigenvalue weighted by atomic mass is 9.70. The van der Waals surface area contributed by atoms with E-state index in [2.05, 4.69) is 16.6 Å². The number of nitrogens with zero attached hydrogens (tertiary/aromatic N) is 1. The lowest BCUT2D eigenvalue weighted by Gasteiger charge is -2.40. The number of benzene rings is 1. The molecule has 2 rings (SSSR count). The minimum absolute atomic E-state index is 0.235. The number of halogens is 1. The Balaban J connectivity index is 2.27. The molecule has 1 N–H and O–H groups in total. The van der Waals surface area contributed by atoms with Crippen LogP contribution in [0.5, 0.6) is 0 Å². The SMILES string of the molecule is CCN1CCC(Cc2ccc(Cl)cc2)(C(=O)/C=C(\O)C(=O)OC)CC1. The van der Waals surface area contributed by atoms with Crippen molar-refractivity contribution >= 4 is 23.4 Å². The number of carbonyl (C=O) groups is 2. The number of hydrogen-bond acceptors (Lipinski definition) is 5. The van der Waals surface area contributed by atoms with Gasteiger partial charge in [-0.15, -0.1) is 0 Å². The number of carbonyl (C=O) groups excluding carboxylic acids is 2. The first-order valence-electron chi connectivity index (χ1n) is 8.40. The Kier molecular flexibility index (Phi) is 6.62. The van der Waals surface area contributed by atoms with Gasteiger partial charge in [-0.05, 0) is 56.6 Å². The molecule has 1 saturated heterocycles. The van der Waals surface area contributed by atoms with Crippen LogP contribution in [-0.4, -0.2) is 48.5 Å². The Morgan fingerprint density at radius 1 is 1.28 bits per heavy atom. The number of ketones is 1. The average Bonchev–Trinajstić information content (AvgIpc) is 2.63. The standard InChI is InChI=1S/C19H24ClNO4/c1-3-21-10-8-19(9-11-21,13-14-4-6-15(20)7-5-14)17(23)12-16(22)18(24)25-2/h4-7,12,22H,3,8-11,13H2,1-2H3/b16-12-. The maximum absolute atomic E-state index is 12.9. The number of methoxy groups -OCH3 is 1. The van der Waals surface area contributed by atoms with Crippen LogP contribution in [0, 0.1) is 5.41 Å². The fourth-order valence-electron chi connectivity index (χ4n) is 3.24. The molecule has 1 heterocycles. The van der Waals surface area contributed by atoms with E-state index in [4.69, 9.17) is 11.6 Å². The number of rotatable bonds is 6. The van der Waals surface area contributed by atoms with E-state index in [1.165, 1.54) is 7.11 Å². The molecule has 1 aliphatic rings. The molecule has 0 spiro atoms. The van der Waals surface area contributed by atoms with Crippen LogP contribution in [0.25, 0.3) is 0 Å². The van der Waals surface area contributed by atoms with E-state index in [0.717, 1.165) is 31.3 Å². The highest BCUT2D eigenvalue weighted by Gasteiger charge is 2.40. The van der Waals surface area contributed by atoms with E-state index in [1.54, 1.807) is 12.1 Å². The summed E-state index contributed by atoms with van der Waals surface area (Å²) in [5.74, 6) is -1.79. The second-order valence-electron chi connectivity index (χ2n) is 6.40. The molecule has 0 saturated carbocycles. The van der Waals surface area contributed by atoms with Crippen molar-refractivity contribution < 1.29 is 19.4 Å². The smallest absolute Gasteiger partial charge is 0.373 e. The van der Waals surface area contributed by atoms with E-state index >= 15 is 0 Å². The molecule has 0 radical (unpaired) electrons. The van der Waals surface area contributed by atoms with E-state index in [0.29, 0.717) is 24.3 Å². The molecule has 0 amide bonds. The summed E-state index contributed by atoms with van der Waals surface area (Å²) in [6.07, 6.45) is 2.91. The van der Waals surface area contributed by atoms with Gasteiger partial charge in [-0.25, -0.2) is 4.79 Å². The molecule has 0 atom stereocenters. The maximum atomic E-state index is 12.9. The number of allylic oxidation sites excluding steroid dienone is 1. The summed E-state index contributed by atoms with van der Waals surface area (Å²) in [4.78, 5) is 26.6. The van der Waals surface area contributed by atoms with E-state index in [-0.39, 0.29) is 5.78 Å². The predicted molar refractivity (Wildman–Crippen MR) is 96.7 cm³/mol. The van der Waals surface area contributed by atoms with Crippen LogP contribution in [0.2, 0.25) is 5.02 Å². The van der Waals surface area contributed by atoms with Crippen LogP contribution in [0.4, 0.5) is 0 Å². The van der Waals surface area contributed by atoms with Crippen molar-refractivity contribution in [1.29, 1.82) is 0 Å². The number of esters is 1. The highest BCUT2D eigenvalue weighted by atomic mass is 35.5. The van der Waals surface area contributed by atoms with Crippen molar-refractivity contribution in [2.45, 2.75) is 26.2 Å².